The highest BCUT2D eigenvalue weighted by atomic mass is 19.2. The quantitative estimate of drug-likeness (QED) is 0.122. The standard InChI is InChI=1S/C17H19FN4O10/c18-20-14(27)9-6-21(15(28)19-13(9)26)17(30)16(29,12(25)11(7-23)32-17)22(31)5-8-3-1-2-4-10(8)24/h1-4,6,11-12,23-25,29-31H,5,7H2,(H,20,27)(H,19,26,28)/t11-,12-,16-,17-/m1/s1. The number of H-pyrrole nitrogens is 1. The predicted octanol–water partition coefficient (Wildman–Crippen LogP) is -3.21. The molecule has 0 spiro atoms. The number of aromatic amines is 1. The fourth-order valence-electron chi connectivity index (χ4n) is 3.34. The van der Waals surface area contributed by atoms with E-state index >= 15 is 0 Å². The number of ether oxygens (including phenoxy) is 1. The van der Waals surface area contributed by atoms with Gasteiger partial charge in [-0.15, -0.1) is 5.06 Å². The van der Waals surface area contributed by atoms with E-state index in [4.69, 9.17) is 4.74 Å². The molecule has 1 aliphatic heterocycles. The van der Waals surface area contributed by atoms with Crippen LogP contribution in [0.15, 0.2) is 40.1 Å². The molecule has 8 N–H and O–H groups in total. The summed E-state index contributed by atoms with van der Waals surface area (Å²) in [6.07, 6.45) is -3.76. The first kappa shape index (κ1) is 23.5. The molecule has 0 aliphatic carbocycles. The number of para-hydroxylation sites is 1. The van der Waals surface area contributed by atoms with Crippen molar-refractivity contribution in [2.45, 2.75) is 30.4 Å². The highest BCUT2D eigenvalue weighted by Crippen LogP contribution is 2.43. The molecule has 1 saturated heterocycles. The lowest BCUT2D eigenvalue weighted by molar-refractivity contribution is -0.413. The number of nitrogens with zero attached hydrogens (tertiary/aromatic N) is 2. The second kappa shape index (κ2) is 8.40. The average Bonchev–Trinajstić information content (AvgIpc) is 2.97. The van der Waals surface area contributed by atoms with Crippen molar-refractivity contribution in [3.8, 4) is 5.75 Å². The van der Waals surface area contributed by atoms with Gasteiger partial charge in [0.25, 0.3) is 11.5 Å². The van der Waals surface area contributed by atoms with Gasteiger partial charge in [-0.25, -0.2) is 9.36 Å². The van der Waals surface area contributed by atoms with Crippen molar-refractivity contribution in [2.24, 2.45) is 0 Å². The summed E-state index contributed by atoms with van der Waals surface area (Å²) in [4.78, 5) is 37.4. The number of aromatic nitrogens is 2. The summed E-state index contributed by atoms with van der Waals surface area (Å²) in [7, 11) is 0. The fraction of sp³-hybridized carbons (Fsp3) is 0.353. The Balaban J connectivity index is 2.18. The van der Waals surface area contributed by atoms with Crippen molar-refractivity contribution in [1.29, 1.82) is 0 Å². The molecule has 0 radical (unpaired) electrons. The molecule has 1 fully saturated rings. The summed E-state index contributed by atoms with van der Waals surface area (Å²) in [5.74, 6) is -5.40. The van der Waals surface area contributed by atoms with Gasteiger partial charge < -0.3 is 35.5 Å². The van der Waals surface area contributed by atoms with Gasteiger partial charge in [-0.3, -0.25) is 14.6 Å². The van der Waals surface area contributed by atoms with Crippen molar-refractivity contribution < 1.29 is 44.8 Å². The van der Waals surface area contributed by atoms with E-state index in [1.165, 1.54) is 24.3 Å². The van der Waals surface area contributed by atoms with Gasteiger partial charge >= 0.3 is 11.6 Å². The lowest BCUT2D eigenvalue weighted by atomic mass is 10.00. The van der Waals surface area contributed by atoms with Crippen molar-refractivity contribution >= 4 is 5.91 Å². The van der Waals surface area contributed by atoms with Crippen LogP contribution in [0.2, 0.25) is 0 Å². The summed E-state index contributed by atoms with van der Waals surface area (Å²) in [5, 5.41) is 62.7. The van der Waals surface area contributed by atoms with Crippen LogP contribution in [0.5, 0.6) is 5.75 Å². The monoisotopic (exact) mass is 458 g/mol. The second-order valence-corrected chi connectivity index (χ2v) is 6.90. The first-order chi connectivity index (χ1) is 15.0. The molecule has 1 aromatic carbocycles. The maximum atomic E-state index is 12.6. The molecule has 3 rings (SSSR count). The highest BCUT2D eigenvalue weighted by molar-refractivity contribution is 5.92. The highest BCUT2D eigenvalue weighted by Gasteiger charge is 2.70. The number of halogens is 1. The Morgan fingerprint density at radius 2 is 1.97 bits per heavy atom. The number of phenols is 1. The Bertz CT molecular complexity index is 1140. The van der Waals surface area contributed by atoms with Gasteiger partial charge in [0, 0.05) is 11.8 Å². The van der Waals surface area contributed by atoms with E-state index in [9.17, 15) is 49.6 Å². The van der Waals surface area contributed by atoms with E-state index in [0.717, 1.165) is 0 Å². The Morgan fingerprint density at radius 3 is 2.56 bits per heavy atom. The van der Waals surface area contributed by atoms with Crippen LogP contribution >= 0.6 is 0 Å². The van der Waals surface area contributed by atoms with Crippen LogP contribution in [0.1, 0.15) is 15.9 Å². The Hall–Kier alpha value is -3.18. The number of hydroxylamine groups is 2. The van der Waals surface area contributed by atoms with Crippen LogP contribution in [0.25, 0.3) is 0 Å². The molecule has 32 heavy (non-hydrogen) atoms. The molecule has 4 atom stereocenters. The van der Waals surface area contributed by atoms with E-state index in [-0.39, 0.29) is 20.9 Å². The lowest BCUT2D eigenvalue weighted by Crippen LogP contribution is -2.68. The maximum absolute atomic E-state index is 12.6. The van der Waals surface area contributed by atoms with Crippen molar-refractivity contribution in [3.63, 3.8) is 0 Å². The number of amides is 1. The van der Waals surface area contributed by atoms with E-state index in [2.05, 4.69) is 0 Å². The van der Waals surface area contributed by atoms with E-state index < -0.39 is 59.7 Å². The summed E-state index contributed by atoms with van der Waals surface area (Å²) in [5.41, 5.74) is -6.58. The molecule has 0 saturated carbocycles. The number of carbonyl (C=O) groups is 1. The summed E-state index contributed by atoms with van der Waals surface area (Å²) < 4.78 is 17.6. The molecular formula is C17H19FN4O10. The molecule has 0 unspecified atom stereocenters. The minimum absolute atomic E-state index is 0.00302. The summed E-state index contributed by atoms with van der Waals surface area (Å²) in [6.45, 7) is -1.77. The van der Waals surface area contributed by atoms with Crippen LogP contribution in [0.3, 0.4) is 0 Å². The van der Waals surface area contributed by atoms with Crippen molar-refractivity contribution in [2.75, 3.05) is 6.61 Å². The fourth-order valence-corrected chi connectivity index (χ4v) is 3.34. The number of hydrogen-bond donors (Lipinski definition) is 8. The van der Waals surface area contributed by atoms with Gasteiger partial charge in [0.2, 0.25) is 5.72 Å². The topological polar surface area (TPSA) is 218 Å². The lowest BCUT2D eigenvalue weighted by Gasteiger charge is -2.42. The second-order valence-electron chi connectivity index (χ2n) is 6.90. The largest absolute Gasteiger partial charge is 0.508 e. The molecule has 1 amide bonds. The number of rotatable bonds is 6. The molecule has 2 aromatic rings. The number of carbonyl (C=O) groups excluding carboxylic acids is 1. The molecule has 1 aromatic heterocycles. The molecule has 0 bridgehead atoms. The van der Waals surface area contributed by atoms with Gasteiger partial charge in [0.05, 0.1) is 13.2 Å². The maximum Gasteiger partial charge on any atom is 0.332 e. The Morgan fingerprint density at radius 1 is 1.31 bits per heavy atom. The predicted molar refractivity (Wildman–Crippen MR) is 98.4 cm³/mol. The zero-order valence-electron chi connectivity index (χ0n) is 16.0. The number of aliphatic hydroxyl groups is 4. The first-order valence-electron chi connectivity index (χ1n) is 8.93. The van der Waals surface area contributed by atoms with E-state index in [1.54, 1.807) is 4.98 Å². The third-order valence-electron chi connectivity index (χ3n) is 5.04. The molecular weight excluding hydrogens is 439 g/mol. The number of benzene rings is 1. The molecule has 14 nitrogen and oxygen atoms in total. The van der Waals surface area contributed by atoms with Crippen LogP contribution in [0.4, 0.5) is 4.48 Å². The SMILES string of the molecule is O=C(NF)c1cn([C@]2(O)O[C@H](CO)[C@@H](O)[C@]2(O)N(O)Cc2ccccc2O)c(=O)[nH]c1=O. The minimum Gasteiger partial charge on any atom is -0.508 e. The van der Waals surface area contributed by atoms with Crippen LogP contribution in [-0.4, -0.2) is 75.8 Å². The van der Waals surface area contributed by atoms with Gasteiger partial charge in [-0.2, -0.15) is 5.54 Å². The van der Waals surface area contributed by atoms with Gasteiger partial charge in [0.15, 0.2) is 0 Å². The van der Waals surface area contributed by atoms with Crippen molar-refractivity contribution in [1.82, 2.24) is 20.2 Å². The minimum atomic E-state index is -3.44. The zero-order valence-corrected chi connectivity index (χ0v) is 16.0. The zero-order chi connectivity index (χ0) is 23.8. The number of hydrogen-bond acceptors (Lipinski definition) is 11. The normalized spacial score (nSPS) is 27.6. The third-order valence-corrected chi connectivity index (χ3v) is 5.04. The van der Waals surface area contributed by atoms with Crippen molar-refractivity contribution in [3.05, 3.63) is 62.4 Å². The van der Waals surface area contributed by atoms with E-state index in [0.29, 0.717) is 11.7 Å². The number of phenolic OH excluding ortho intramolecular Hbond substituents is 1. The summed E-state index contributed by atoms with van der Waals surface area (Å²) >= 11 is 0. The van der Waals surface area contributed by atoms with Gasteiger partial charge in [0.1, 0.15) is 23.5 Å². The number of aromatic hydroxyl groups is 1. The summed E-state index contributed by atoms with van der Waals surface area (Å²) in [6, 6.07) is 5.48. The molecule has 15 heteroatoms. The van der Waals surface area contributed by atoms with Crippen LogP contribution < -0.4 is 16.8 Å². The number of aliphatic hydroxyl groups excluding tert-OH is 2. The average molecular weight is 458 g/mol. The smallest absolute Gasteiger partial charge is 0.332 e. The molecule has 1 aliphatic rings. The van der Waals surface area contributed by atoms with Crippen LogP contribution in [0, 0.1) is 0 Å². The van der Waals surface area contributed by atoms with Gasteiger partial charge in [-0.1, -0.05) is 22.7 Å². The molecule has 2 heterocycles. The molecule has 174 valence electrons. The van der Waals surface area contributed by atoms with E-state index in [1.807, 2.05) is 0 Å². The van der Waals surface area contributed by atoms with Gasteiger partial charge in [-0.05, 0) is 6.07 Å². The Labute approximate surface area is 176 Å². The van der Waals surface area contributed by atoms with Crippen LogP contribution in [-0.2, 0) is 17.2 Å². The third kappa shape index (κ3) is 3.47. The number of nitrogens with one attached hydrogen (secondary N) is 2. The first-order valence-corrected chi connectivity index (χ1v) is 8.93. The Kier molecular flexibility index (Phi) is 6.16.